The summed E-state index contributed by atoms with van der Waals surface area (Å²) >= 11 is 0. The van der Waals surface area contributed by atoms with Crippen LogP contribution in [-0.4, -0.2) is 12.9 Å². The molecule has 0 unspecified atom stereocenters. The number of hydrogen-bond acceptors (Lipinski definition) is 1. The highest BCUT2D eigenvalue weighted by atomic mass is 15.0. The highest BCUT2D eigenvalue weighted by Gasteiger charge is 1.85. The molecule has 1 N–H and O–H groups in total. The number of allylic oxidation sites excluding steroid dienone is 2. The van der Waals surface area contributed by atoms with Crippen molar-refractivity contribution in [3.63, 3.8) is 0 Å². The van der Waals surface area contributed by atoms with Crippen LogP contribution in [-0.2, 0) is 0 Å². The van der Waals surface area contributed by atoms with Crippen LogP contribution in [0.15, 0.2) is 16.8 Å². The number of rotatable bonds is 1. The summed E-state index contributed by atoms with van der Waals surface area (Å²) < 4.78 is 0. The topological polar surface area (TPSA) is 24.4 Å². The van der Waals surface area contributed by atoms with Gasteiger partial charge in [-0.3, -0.25) is 4.99 Å². The average molecular weight is 126 g/mol. The van der Waals surface area contributed by atoms with E-state index in [0.717, 1.165) is 11.5 Å². The first kappa shape index (κ1) is 8.21. The summed E-state index contributed by atoms with van der Waals surface area (Å²) in [6, 6.07) is 0. The summed E-state index contributed by atoms with van der Waals surface area (Å²) in [6.07, 6.45) is 2.01. The number of nitrogens with one attached hydrogen (secondary N) is 1. The Kier molecular flexibility index (Phi) is 3.76. The molecule has 0 aliphatic rings. The minimum absolute atomic E-state index is 0.950. The van der Waals surface area contributed by atoms with Crippen LogP contribution in [0.25, 0.3) is 0 Å². The molecule has 0 bridgehead atoms. The molecular weight excluding hydrogens is 112 g/mol. The average Bonchev–Trinajstić information content (AvgIpc) is 1.87. The van der Waals surface area contributed by atoms with Gasteiger partial charge in [-0.15, -0.1) is 0 Å². The lowest BCUT2D eigenvalue weighted by molar-refractivity contribution is 1.08. The van der Waals surface area contributed by atoms with E-state index < -0.39 is 0 Å². The van der Waals surface area contributed by atoms with Gasteiger partial charge in [0, 0.05) is 12.7 Å². The monoisotopic (exact) mass is 126 g/mol. The third kappa shape index (κ3) is 3.76. The first-order valence-electron chi connectivity index (χ1n) is 3.04. The molecule has 0 aromatic heterocycles. The van der Waals surface area contributed by atoms with Crippen molar-refractivity contribution >= 4 is 5.84 Å². The van der Waals surface area contributed by atoms with Crippen molar-refractivity contribution < 1.29 is 0 Å². The summed E-state index contributed by atoms with van der Waals surface area (Å²) in [5, 5.41) is 3.09. The number of aliphatic imine (C=N–C) groups is 1. The van der Waals surface area contributed by atoms with Crippen LogP contribution in [0.4, 0.5) is 0 Å². The second-order valence-corrected chi connectivity index (χ2v) is 1.91. The Morgan fingerprint density at radius 1 is 1.44 bits per heavy atom. The zero-order valence-corrected chi connectivity index (χ0v) is 6.52. The van der Waals surface area contributed by atoms with Crippen molar-refractivity contribution in [3.8, 4) is 0 Å². The Morgan fingerprint density at radius 3 is 2.33 bits per heavy atom. The van der Waals surface area contributed by atoms with Crippen LogP contribution < -0.4 is 5.32 Å². The van der Waals surface area contributed by atoms with Crippen molar-refractivity contribution in [2.45, 2.75) is 20.8 Å². The largest absolute Gasteiger partial charge is 0.348 e. The van der Waals surface area contributed by atoms with Crippen LogP contribution in [0.3, 0.4) is 0 Å². The molecule has 0 saturated carbocycles. The first-order valence-corrected chi connectivity index (χ1v) is 3.04. The molecule has 0 saturated heterocycles. The third-order valence-corrected chi connectivity index (χ3v) is 1.15. The van der Waals surface area contributed by atoms with Gasteiger partial charge in [-0.1, -0.05) is 6.08 Å². The van der Waals surface area contributed by atoms with Crippen LogP contribution >= 0.6 is 0 Å². The number of amidine groups is 1. The number of nitrogens with zero attached hydrogens (tertiary/aromatic N) is 1. The second-order valence-electron chi connectivity index (χ2n) is 1.91. The molecule has 0 aliphatic carbocycles. The Hall–Kier alpha value is -0.790. The lowest BCUT2D eigenvalue weighted by Crippen LogP contribution is -2.17. The van der Waals surface area contributed by atoms with Gasteiger partial charge in [-0.2, -0.15) is 0 Å². The van der Waals surface area contributed by atoms with E-state index in [1.807, 2.05) is 26.8 Å². The lowest BCUT2D eigenvalue weighted by atomic mass is 10.4. The van der Waals surface area contributed by atoms with Crippen molar-refractivity contribution in [2.75, 3.05) is 7.05 Å². The molecule has 0 spiro atoms. The molecule has 0 heterocycles. The highest BCUT2D eigenvalue weighted by molar-refractivity contribution is 5.80. The van der Waals surface area contributed by atoms with Gasteiger partial charge in [0.15, 0.2) is 0 Å². The fraction of sp³-hybridized carbons (Fsp3) is 0.571. The molecule has 9 heavy (non-hydrogen) atoms. The van der Waals surface area contributed by atoms with Gasteiger partial charge < -0.3 is 5.32 Å². The molecule has 0 atom stereocenters. The van der Waals surface area contributed by atoms with Crippen molar-refractivity contribution in [2.24, 2.45) is 4.99 Å². The van der Waals surface area contributed by atoms with Crippen molar-refractivity contribution in [1.82, 2.24) is 5.32 Å². The predicted molar refractivity (Wildman–Crippen MR) is 41.6 cm³/mol. The van der Waals surface area contributed by atoms with E-state index in [1.54, 1.807) is 7.05 Å². The quantitative estimate of drug-likeness (QED) is 0.418. The van der Waals surface area contributed by atoms with E-state index in [9.17, 15) is 0 Å². The zero-order chi connectivity index (χ0) is 7.28. The van der Waals surface area contributed by atoms with Gasteiger partial charge in [0.1, 0.15) is 0 Å². The Balaban J connectivity index is 3.75. The fourth-order valence-corrected chi connectivity index (χ4v) is 0.413. The van der Waals surface area contributed by atoms with E-state index in [4.69, 9.17) is 0 Å². The molecule has 2 nitrogen and oxygen atoms in total. The highest BCUT2D eigenvalue weighted by Crippen LogP contribution is 1.83. The van der Waals surface area contributed by atoms with Crippen molar-refractivity contribution in [3.05, 3.63) is 11.8 Å². The second kappa shape index (κ2) is 4.13. The van der Waals surface area contributed by atoms with Gasteiger partial charge in [0.05, 0.1) is 5.84 Å². The summed E-state index contributed by atoms with van der Waals surface area (Å²) in [5.74, 6) is 0.950. The molecule has 0 aromatic rings. The molecular formula is C7H14N2. The summed E-state index contributed by atoms with van der Waals surface area (Å²) in [5.41, 5.74) is 1.14. The molecule has 2 heteroatoms. The molecule has 0 rings (SSSR count). The minimum atomic E-state index is 0.950. The smallest absolute Gasteiger partial charge is 0.0969 e. The van der Waals surface area contributed by atoms with Gasteiger partial charge in [-0.25, -0.2) is 0 Å². The summed E-state index contributed by atoms with van der Waals surface area (Å²) in [7, 11) is 1.77. The summed E-state index contributed by atoms with van der Waals surface area (Å²) in [4.78, 5) is 3.94. The van der Waals surface area contributed by atoms with Gasteiger partial charge in [0.2, 0.25) is 0 Å². The molecule has 0 radical (unpaired) electrons. The fourth-order valence-electron chi connectivity index (χ4n) is 0.413. The minimum Gasteiger partial charge on any atom is -0.348 e. The van der Waals surface area contributed by atoms with Crippen LogP contribution in [0, 0.1) is 0 Å². The SMILES string of the molecule is C/C=C(\C)NC(C)=NC. The maximum Gasteiger partial charge on any atom is 0.0969 e. The van der Waals surface area contributed by atoms with E-state index in [2.05, 4.69) is 10.3 Å². The van der Waals surface area contributed by atoms with Crippen molar-refractivity contribution in [1.29, 1.82) is 0 Å². The van der Waals surface area contributed by atoms with Gasteiger partial charge in [0.25, 0.3) is 0 Å². The van der Waals surface area contributed by atoms with E-state index in [0.29, 0.717) is 0 Å². The van der Waals surface area contributed by atoms with Gasteiger partial charge >= 0.3 is 0 Å². The third-order valence-electron chi connectivity index (χ3n) is 1.15. The van der Waals surface area contributed by atoms with Crippen LogP contribution in [0.5, 0.6) is 0 Å². The Morgan fingerprint density at radius 2 is 2.00 bits per heavy atom. The maximum absolute atomic E-state index is 3.94. The van der Waals surface area contributed by atoms with Crippen LogP contribution in [0.2, 0.25) is 0 Å². The molecule has 0 aliphatic heterocycles. The van der Waals surface area contributed by atoms with Crippen LogP contribution in [0.1, 0.15) is 20.8 Å². The Labute approximate surface area is 56.7 Å². The van der Waals surface area contributed by atoms with E-state index >= 15 is 0 Å². The molecule has 0 fully saturated rings. The molecule has 0 aromatic carbocycles. The molecule has 0 amide bonds. The number of hydrogen-bond donors (Lipinski definition) is 1. The first-order chi connectivity index (χ1) is 4.20. The zero-order valence-electron chi connectivity index (χ0n) is 6.52. The lowest BCUT2D eigenvalue weighted by Gasteiger charge is -2.02. The standard InChI is InChI=1S/C7H14N2/c1-5-6(2)9-7(3)8-4/h5H,1-4H3,(H,8,9)/b6-5+. The normalized spacial score (nSPS) is 13.8. The Bertz CT molecular complexity index is 118. The molecule has 52 valence electrons. The predicted octanol–water partition coefficient (Wildman–Crippen LogP) is 1.55. The van der Waals surface area contributed by atoms with E-state index in [-0.39, 0.29) is 0 Å². The van der Waals surface area contributed by atoms with Gasteiger partial charge in [-0.05, 0) is 20.8 Å². The summed E-state index contributed by atoms with van der Waals surface area (Å²) in [6.45, 7) is 5.94. The maximum atomic E-state index is 3.94. The van der Waals surface area contributed by atoms with E-state index in [1.165, 1.54) is 0 Å².